The number of fused-ring (bicyclic) bond motifs is 2. The zero-order valence-electron chi connectivity index (χ0n) is 11.6. The number of benzene rings is 3. The molecule has 0 amide bonds. The van der Waals surface area contributed by atoms with Gasteiger partial charge in [-0.25, -0.2) is 0 Å². The van der Waals surface area contributed by atoms with E-state index in [-0.39, 0.29) is 56.3 Å². The first-order chi connectivity index (χ1) is 9.62. The van der Waals surface area contributed by atoms with Crippen LogP contribution in [0.5, 0.6) is 0 Å². The summed E-state index contributed by atoms with van der Waals surface area (Å²) in [7, 11) is -3.82. The molecule has 0 fully saturated rings. The van der Waals surface area contributed by atoms with Crippen LogP contribution in [-0.2, 0) is 14.3 Å². The van der Waals surface area contributed by atoms with Crippen LogP contribution >= 0.6 is 0 Å². The van der Waals surface area contributed by atoms with Gasteiger partial charge in [0, 0.05) is 56.8 Å². The Morgan fingerprint density at radius 2 is 1.52 bits per heavy atom. The van der Waals surface area contributed by atoms with E-state index in [0.717, 1.165) is 22.4 Å². The van der Waals surface area contributed by atoms with Crippen molar-refractivity contribution in [1.29, 1.82) is 0 Å². The first-order valence-electron chi connectivity index (χ1n) is 6.07. The molecular weight excluding hydrogens is 311 g/mol. The molecule has 3 rings (SSSR count). The Hall–Kier alpha value is -0.694. The van der Waals surface area contributed by atoms with Crippen molar-refractivity contribution >= 4 is 83.0 Å². The summed E-state index contributed by atoms with van der Waals surface area (Å²) in [4.78, 5) is 0.153. The summed E-state index contributed by atoms with van der Waals surface area (Å²) in [5.74, 6) is 0. The van der Waals surface area contributed by atoms with Crippen LogP contribution in [-0.4, -0.2) is 59.8 Å². The molecule has 21 heavy (non-hydrogen) atoms. The normalized spacial score (nSPS) is 11.0. The van der Waals surface area contributed by atoms with E-state index in [1.54, 1.807) is 6.07 Å². The van der Waals surface area contributed by atoms with Gasteiger partial charge >= 0.3 is 10.1 Å². The molecule has 0 aromatic heterocycles. The van der Waals surface area contributed by atoms with E-state index < -0.39 is 10.1 Å². The largest absolute Gasteiger partial charge is 0.388 e. The van der Waals surface area contributed by atoms with Gasteiger partial charge in [-0.1, -0.05) is 43.0 Å². The van der Waals surface area contributed by atoms with Gasteiger partial charge < -0.3 is 4.18 Å². The van der Waals surface area contributed by atoms with Crippen molar-refractivity contribution in [2.75, 3.05) is 0 Å². The van der Waals surface area contributed by atoms with Crippen LogP contribution in [0.2, 0.25) is 0 Å². The third-order valence-corrected chi connectivity index (χ3v) is 4.45. The van der Waals surface area contributed by atoms with Gasteiger partial charge in [-0.05, 0) is 34.4 Å². The SMILES string of the molecule is C=COS(=O)(=O)c1cccc2cc3ccccc3cc12.[K]. The molecule has 0 aliphatic heterocycles. The van der Waals surface area contributed by atoms with Crippen molar-refractivity contribution in [3.05, 3.63) is 67.4 Å². The molecule has 1 radical (unpaired) electrons. The van der Waals surface area contributed by atoms with E-state index in [0.29, 0.717) is 5.39 Å². The van der Waals surface area contributed by atoms with Crippen molar-refractivity contribution in [1.82, 2.24) is 0 Å². The van der Waals surface area contributed by atoms with Crippen molar-refractivity contribution in [3.8, 4) is 0 Å². The van der Waals surface area contributed by atoms with Crippen LogP contribution in [0.1, 0.15) is 0 Å². The minimum atomic E-state index is -3.82. The Bertz CT molecular complexity index is 917. The second kappa shape index (κ2) is 6.60. The molecular formula is C16H12KO3S. The summed E-state index contributed by atoms with van der Waals surface area (Å²) in [6.45, 7) is 3.30. The second-order valence-electron chi connectivity index (χ2n) is 4.39. The fraction of sp³-hybridized carbons (Fsp3) is 0. The van der Waals surface area contributed by atoms with E-state index in [2.05, 4.69) is 10.8 Å². The minimum Gasteiger partial charge on any atom is -0.388 e. The van der Waals surface area contributed by atoms with Gasteiger partial charge in [0.25, 0.3) is 0 Å². The fourth-order valence-electron chi connectivity index (χ4n) is 2.30. The summed E-state index contributed by atoms with van der Waals surface area (Å²) >= 11 is 0. The van der Waals surface area contributed by atoms with E-state index >= 15 is 0 Å². The first kappa shape index (κ1) is 16.7. The van der Waals surface area contributed by atoms with Crippen molar-refractivity contribution < 1.29 is 12.6 Å². The molecule has 101 valence electrons. The van der Waals surface area contributed by atoms with Crippen molar-refractivity contribution in [3.63, 3.8) is 0 Å². The van der Waals surface area contributed by atoms with E-state index in [1.807, 2.05) is 42.5 Å². The van der Waals surface area contributed by atoms with Gasteiger partial charge in [-0.15, -0.1) is 0 Å². The second-order valence-corrected chi connectivity index (χ2v) is 5.93. The molecule has 0 aliphatic carbocycles. The smallest absolute Gasteiger partial charge is 0.339 e. The molecule has 0 spiro atoms. The minimum absolute atomic E-state index is 0. The average molecular weight is 323 g/mol. The van der Waals surface area contributed by atoms with Crippen LogP contribution in [0, 0.1) is 0 Å². The fourth-order valence-corrected chi connectivity index (χ4v) is 3.27. The summed E-state index contributed by atoms with van der Waals surface area (Å²) in [5, 5.41) is 3.56. The summed E-state index contributed by atoms with van der Waals surface area (Å²) in [5.41, 5.74) is 0. The Labute approximate surface area is 166 Å². The van der Waals surface area contributed by atoms with Gasteiger partial charge in [0.15, 0.2) is 0 Å². The van der Waals surface area contributed by atoms with E-state index in [9.17, 15) is 8.42 Å². The maximum Gasteiger partial charge on any atom is 0.339 e. The molecule has 0 saturated carbocycles. The van der Waals surface area contributed by atoms with Crippen LogP contribution in [0.25, 0.3) is 21.5 Å². The Balaban J connectivity index is 0.00000161. The third kappa shape index (κ3) is 3.23. The first-order valence-corrected chi connectivity index (χ1v) is 7.48. The van der Waals surface area contributed by atoms with Crippen LogP contribution < -0.4 is 0 Å². The average Bonchev–Trinajstić information content (AvgIpc) is 2.44. The molecule has 0 atom stereocenters. The number of hydrogen-bond acceptors (Lipinski definition) is 3. The monoisotopic (exact) mass is 323 g/mol. The maximum atomic E-state index is 12.1. The molecule has 3 aromatic carbocycles. The quantitative estimate of drug-likeness (QED) is 0.321. The molecule has 3 aromatic rings. The van der Waals surface area contributed by atoms with Gasteiger partial charge in [0.05, 0.1) is 6.26 Å². The van der Waals surface area contributed by atoms with Crippen molar-refractivity contribution in [2.45, 2.75) is 4.90 Å². The van der Waals surface area contributed by atoms with Crippen LogP contribution in [0.3, 0.4) is 0 Å². The molecule has 0 unspecified atom stereocenters. The molecule has 3 nitrogen and oxygen atoms in total. The zero-order chi connectivity index (χ0) is 14.2. The number of hydrogen-bond donors (Lipinski definition) is 0. The van der Waals surface area contributed by atoms with Gasteiger partial charge in [0.2, 0.25) is 0 Å². The Kier molecular flexibility index (Phi) is 5.24. The Morgan fingerprint density at radius 1 is 0.905 bits per heavy atom. The van der Waals surface area contributed by atoms with E-state index in [4.69, 9.17) is 0 Å². The summed E-state index contributed by atoms with van der Waals surface area (Å²) < 4.78 is 28.8. The predicted molar refractivity (Wildman–Crippen MR) is 85.7 cm³/mol. The Morgan fingerprint density at radius 3 is 2.19 bits per heavy atom. The zero-order valence-corrected chi connectivity index (χ0v) is 15.6. The molecule has 0 heterocycles. The topological polar surface area (TPSA) is 43.4 Å². The summed E-state index contributed by atoms with van der Waals surface area (Å²) in [6, 6.07) is 16.8. The standard InChI is InChI=1S/C16H12O3S.K/c1-2-19-20(17,18)16-9-5-8-14-10-12-6-3-4-7-13(12)11-15(14)16;/h2-11H,1H2;. The van der Waals surface area contributed by atoms with Gasteiger partial charge in [0.1, 0.15) is 4.90 Å². The van der Waals surface area contributed by atoms with Gasteiger partial charge in [-0.3, -0.25) is 0 Å². The number of rotatable bonds is 3. The van der Waals surface area contributed by atoms with Crippen LogP contribution in [0.4, 0.5) is 0 Å². The molecule has 0 N–H and O–H groups in total. The van der Waals surface area contributed by atoms with E-state index in [1.165, 1.54) is 6.07 Å². The molecule has 5 heteroatoms. The van der Waals surface area contributed by atoms with Gasteiger partial charge in [-0.2, -0.15) is 8.42 Å². The molecule has 0 aliphatic rings. The van der Waals surface area contributed by atoms with Crippen molar-refractivity contribution in [2.24, 2.45) is 0 Å². The maximum absolute atomic E-state index is 12.1. The summed E-state index contributed by atoms with van der Waals surface area (Å²) in [6.07, 6.45) is 0.926. The molecule has 0 saturated heterocycles. The molecule has 0 bridgehead atoms. The van der Waals surface area contributed by atoms with Crippen LogP contribution in [0.15, 0.2) is 72.3 Å². The third-order valence-electron chi connectivity index (χ3n) is 3.17. The predicted octanol–water partition coefficient (Wildman–Crippen LogP) is 3.46.